The number of hydrogen-bond acceptors (Lipinski definition) is 1. The molecule has 3 nitrogen and oxygen atoms in total. The van der Waals surface area contributed by atoms with Gasteiger partial charge in [-0.05, 0) is 46.1 Å². The predicted octanol–water partition coefficient (Wildman–Crippen LogP) is 2.41. The number of carbonyl (C=O) groups excluding carboxylic acids is 1. The first kappa shape index (κ1) is 17.0. The van der Waals surface area contributed by atoms with Crippen molar-refractivity contribution < 1.29 is 10.1 Å². The maximum atomic E-state index is 12.2. The van der Waals surface area contributed by atoms with Crippen LogP contribution in [0.3, 0.4) is 0 Å². The highest BCUT2D eigenvalue weighted by molar-refractivity contribution is 5.76. The van der Waals surface area contributed by atoms with E-state index in [1.807, 2.05) is 6.07 Å². The molecule has 0 aromatic heterocycles. The Hall–Kier alpha value is -1.35. The molecule has 1 aliphatic heterocycles. The third-order valence-electron chi connectivity index (χ3n) is 4.40. The van der Waals surface area contributed by atoms with Crippen LogP contribution in [0.2, 0.25) is 0 Å². The molecule has 3 N–H and O–H groups in total. The molecule has 0 aliphatic carbocycles. The number of rotatable bonds is 5. The van der Waals surface area contributed by atoms with E-state index in [2.05, 4.69) is 62.6 Å². The Balaban J connectivity index is 1.77. The van der Waals surface area contributed by atoms with Gasteiger partial charge in [0.15, 0.2) is 0 Å². The molecule has 1 aliphatic rings. The van der Waals surface area contributed by atoms with Gasteiger partial charge in [0.1, 0.15) is 0 Å². The number of piperidine rings is 1. The Bertz CT molecular complexity index is 477. The van der Waals surface area contributed by atoms with Crippen LogP contribution in [0.25, 0.3) is 0 Å². The molecular weight excluding hydrogens is 272 g/mol. The number of aryl methyl sites for hydroxylation is 1. The quantitative estimate of drug-likeness (QED) is 0.862. The van der Waals surface area contributed by atoms with Gasteiger partial charge in [-0.2, -0.15) is 0 Å². The summed E-state index contributed by atoms with van der Waals surface area (Å²) in [6, 6.07) is 10.7. The van der Waals surface area contributed by atoms with Crippen LogP contribution in [0.1, 0.15) is 58.9 Å². The summed E-state index contributed by atoms with van der Waals surface area (Å²) in [4.78, 5) is 12.2. The summed E-state index contributed by atoms with van der Waals surface area (Å²) in [5.74, 6) is 0.203. The number of amides is 1. The normalized spacial score (nSPS) is 20.5. The zero-order valence-electron chi connectivity index (χ0n) is 14.5. The van der Waals surface area contributed by atoms with E-state index in [0.717, 1.165) is 25.7 Å². The molecule has 3 heteroatoms. The molecule has 122 valence electrons. The van der Waals surface area contributed by atoms with Gasteiger partial charge < -0.3 is 10.6 Å². The molecule has 2 rings (SSSR count). The Morgan fingerprint density at radius 2 is 1.73 bits per heavy atom. The van der Waals surface area contributed by atoms with Crippen molar-refractivity contribution in [1.29, 1.82) is 0 Å². The maximum Gasteiger partial charge on any atom is 0.220 e. The van der Waals surface area contributed by atoms with E-state index < -0.39 is 0 Å². The minimum atomic E-state index is 0.198. The molecule has 22 heavy (non-hydrogen) atoms. The van der Waals surface area contributed by atoms with Crippen LogP contribution in [-0.2, 0) is 11.2 Å². The Kier molecular flexibility index (Phi) is 5.28. The molecule has 1 aromatic rings. The van der Waals surface area contributed by atoms with Crippen molar-refractivity contribution in [2.24, 2.45) is 0 Å². The summed E-state index contributed by atoms with van der Waals surface area (Å²) >= 11 is 0. The fourth-order valence-corrected chi connectivity index (χ4v) is 4.02. The van der Waals surface area contributed by atoms with Crippen LogP contribution >= 0.6 is 0 Å². The minimum absolute atomic E-state index is 0.198. The van der Waals surface area contributed by atoms with Crippen molar-refractivity contribution in [3.05, 3.63) is 35.9 Å². The number of benzene rings is 1. The van der Waals surface area contributed by atoms with Crippen molar-refractivity contribution in [3.63, 3.8) is 0 Å². The molecule has 1 amide bonds. The summed E-state index contributed by atoms with van der Waals surface area (Å²) in [6.07, 6.45) is 4.60. The Labute approximate surface area is 134 Å². The van der Waals surface area contributed by atoms with Gasteiger partial charge in [-0.25, -0.2) is 0 Å². The average molecular weight is 303 g/mol. The third-order valence-corrected chi connectivity index (χ3v) is 4.40. The smallest absolute Gasteiger partial charge is 0.220 e. The van der Waals surface area contributed by atoms with Crippen LogP contribution in [0.15, 0.2) is 30.3 Å². The van der Waals surface area contributed by atoms with Crippen LogP contribution in [0, 0.1) is 0 Å². The van der Waals surface area contributed by atoms with Gasteiger partial charge in [-0.3, -0.25) is 4.79 Å². The number of hydrogen-bond donors (Lipinski definition) is 2. The number of nitrogens with one attached hydrogen (secondary N) is 1. The van der Waals surface area contributed by atoms with Gasteiger partial charge >= 0.3 is 0 Å². The maximum absolute atomic E-state index is 12.2. The second-order valence-corrected chi connectivity index (χ2v) is 8.13. The molecule has 1 heterocycles. The Morgan fingerprint density at radius 1 is 1.14 bits per heavy atom. The lowest BCUT2D eigenvalue weighted by molar-refractivity contribution is -0.787. The molecule has 0 spiro atoms. The lowest BCUT2D eigenvalue weighted by Gasteiger charge is -2.43. The first-order valence-electron chi connectivity index (χ1n) is 8.46. The highest BCUT2D eigenvalue weighted by Crippen LogP contribution is 2.21. The van der Waals surface area contributed by atoms with Crippen molar-refractivity contribution >= 4 is 5.91 Å². The molecular formula is C19H31N2O+. The fraction of sp³-hybridized carbons (Fsp3) is 0.632. The van der Waals surface area contributed by atoms with Gasteiger partial charge in [0.25, 0.3) is 0 Å². The van der Waals surface area contributed by atoms with E-state index in [1.165, 1.54) is 5.56 Å². The number of quaternary nitrogens is 1. The minimum Gasteiger partial charge on any atom is -0.353 e. The summed E-state index contributed by atoms with van der Waals surface area (Å²) in [5, 5.41) is 5.70. The van der Waals surface area contributed by atoms with Gasteiger partial charge in [-0.15, -0.1) is 0 Å². The molecule has 1 saturated heterocycles. The number of nitrogens with two attached hydrogens (primary N) is 1. The van der Waals surface area contributed by atoms with E-state index in [4.69, 9.17) is 0 Å². The average Bonchev–Trinajstić information content (AvgIpc) is 2.36. The van der Waals surface area contributed by atoms with Crippen molar-refractivity contribution in [1.82, 2.24) is 5.32 Å². The number of carbonyl (C=O) groups is 1. The largest absolute Gasteiger partial charge is 0.353 e. The van der Waals surface area contributed by atoms with Gasteiger partial charge in [-0.1, -0.05) is 30.3 Å². The monoisotopic (exact) mass is 303 g/mol. The second kappa shape index (κ2) is 6.82. The van der Waals surface area contributed by atoms with E-state index >= 15 is 0 Å². The summed E-state index contributed by atoms with van der Waals surface area (Å²) in [7, 11) is 0. The molecule has 1 fully saturated rings. The molecule has 0 unspecified atom stereocenters. The van der Waals surface area contributed by atoms with Gasteiger partial charge in [0, 0.05) is 25.3 Å². The van der Waals surface area contributed by atoms with Crippen LogP contribution in [-0.4, -0.2) is 23.0 Å². The van der Waals surface area contributed by atoms with Crippen molar-refractivity contribution in [2.75, 3.05) is 0 Å². The van der Waals surface area contributed by atoms with Crippen LogP contribution in [0.4, 0.5) is 0 Å². The van der Waals surface area contributed by atoms with E-state index in [-0.39, 0.29) is 17.0 Å². The van der Waals surface area contributed by atoms with E-state index in [0.29, 0.717) is 12.5 Å². The zero-order chi connectivity index (χ0) is 16.2. The second-order valence-electron chi connectivity index (χ2n) is 8.13. The van der Waals surface area contributed by atoms with Gasteiger partial charge in [0.05, 0.1) is 11.1 Å². The topological polar surface area (TPSA) is 45.7 Å². The molecule has 1 aromatic carbocycles. The van der Waals surface area contributed by atoms with Crippen molar-refractivity contribution in [3.8, 4) is 0 Å². The van der Waals surface area contributed by atoms with Crippen LogP contribution in [0.5, 0.6) is 0 Å². The Morgan fingerprint density at radius 3 is 2.32 bits per heavy atom. The van der Waals surface area contributed by atoms with Crippen LogP contribution < -0.4 is 10.6 Å². The van der Waals surface area contributed by atoms with Gasteiger partial charge in [0.2, 0.25) is 5.91 Å². The van der Waals surface area contributed by atoms with Crippen molar-refractivity contribution in [2.45, 2.75) is 76.9 Å². The summed E-state index contributed by atoms with van der Waals surface area (Å²) < 4.78 is 0. The molecule has 0 atom stereocenters. The highest BCUT2D eigenvalue weighted by Gasteiger charge is 2.41. The summed E-state index contributed by atoms with van der Waals surface area (Å²) in [5.41, 5.74) is 1.71. The molecule has 0 saturated carbocycles. The lowest BCUT2D eigenvalue weighted by Crippen LogP contribution is -3.06. The first-order valence-corrected chi connectivity index (χ1v) is 8.46. The third kappa shape index (κ3) is 5.45. The summed E-state index contributed by atoms with van der Waals surface area (Å²) in [6.45, 7) is 9.07. The zero-order valence-corrected chi connectivity index (χ0v) is 14.5. The first-order chi connectivity index (χ1) is 10.3. The fourth-order valence-electron chi connectivity index (χ4n) is 4.02. The standard InChI is InChI=1S/C19H30N2O/c1-18(2)13-16(14-19(3,4)21-18)20-17(22)12-8-11-15-9-6-5-7-10-15/h5-7,9-10,16,21H,8,11-14H2,1-4H3,(H,20,22)/p+1. The SMILES string of the molecule is CC1(C)CC(NC(=O)CCCc2ccccc2)CC(C)(C)[NH2+]1. The lowest BCUT2D eigenvalue weighted by atomic mass is 9.79. The van der Waals surface area contributed by atoms with E-state index in [1.54, 1.807) is 0 Å². The van der Waals surface area contributed by atoms with E-state index in [9.17, 15) is 4.79 Å². The molecule has 0 radical (unpaired) electrons. The predicted molar refractivity (Wildman–Crippen MR) is 90.6 cm³/mol. The highest BCUT2D eigenvalue weighted by atomic mass is 16.1. The molecule has 0 bridgehead atoms.